The Hall–Kier alpha value is -2.05. The van der Waals surface area contributed by atoms with Crippen LogP contribution in [0.4, 0.5) is 4.39 Å². The van der Waals surface area contributed by atoms with Gasteiger partial charge in [0.05, 0.1) is 11.4 Å². The fourth-order valence-electron chi connectivity index (χ4n) is 3.17. The van der Waals surface area contributed by atoms with Crippen molar-refractivity contribution in [1.29, 1.82) is 0 Å². The van der Waals surface area contributed by atoms with Crippen LogP contribution in [0, 0.1) is 12.7 Å². The monoisotopic (exact) mass is 371 g/mol. The molecule has 2 heterocycles. The van der Waals surface area contributed by atoms with Crippen molar-refractivity contribution in [2.75, 3.05) is 0 Å². The van der Waals surface area contributed by atoms with Crippen molar-refractivity contribution in [3.05, 3.63) is 58.0 Å². The van der Waals surface area contributed by atoms with Crippen molar-refractivity contribution >= 4 is 11.3 Å². The SMILES string of the molecule is CCc1sc(-c2nnc(CN(Cc3ccccc3F)C3CC3)o2)cc1C. The van der Waals surface area contributed by atoms with Crippen molar-refractivity contribution in [2.24, 2.45) is 0 Å². The van der Waals surface area contributed by atoms with Crippen LogP contribution in [-0.2, 0) is 19.5 Å². The Morgan fingerprint density at radius 1 is 1.23 bits per heavy atom. The highest BCUT2D eigenvalue weighted by Gasteiger charge is 2.30. The minimum atomic E-state index is -0.162. The number of halogens is 1. The average molecular weight is 371 g/mol. The zero-order chi connectivity index (χ0) is 18.1. The fraction of sp³-hybridized carbons (Fsp3) is 0.400. The molecule has 3 aromatic rings. The lowest BCUT2D eigenvalue weighted by molar-refractivity contribution is 0.218. The molecule has 6 heteroatoms. The summed E-state index contributed by atoms with van der Waals surface area (Å²) < 4.78 is 19.9. The van der Waals surface area contributed by atoms with Gasteiger partial charge in [0, 0.05) is 23.0 Å². The molecule has 0 saturated heterocycles. The minimum Gasteiger partial charge on any atom is -0.419 e. The van der Waals surface area contributed by atoms with Crippen LogP contribution in [0.3, 0.4) is 0 Å². The number of aryl methyl sites for hydroxylation is 2. The Morgan fingerprint density at radius 2 is 2.04 bits per heavy atom. The van der Waals surface area contributed by atoms with E-state index in [0.717, 1.165) is 24.1 Å². The standard InChI is InChI=1S/C20H22FN3OS/c1-3-17-13(2)10-18(26-17)20-23-22-19(25-20)12-24(15-8-9-15)11-14-6-4-5-7-16(14)21/h4-7,10,15H,3,8-9,11-12H2,1-2H3. The first-order chi connectivity index (χ1) is 12.6. The van der Waals surface area contributed by atoms with Gasteiger partial charge in [0.15, 0.2) is 0 Å². The summed E-state index contributed by atoms with van der Waals surface area (Å²) in [6, 6.07) is 9.52. The lowest BCUT2D eigenvalue weighted by atomic mass is 10.2. The van der Waals surface area contributed by atoms with E-state index in [0.29, 0.717) is 36.5 Å². The van der Waals surface area contributed by atoms with E-state index in [-0.39, 0.29) is 5.82 Å². The molecule has 1 aromatic carbocycles. The van der Waals surface area contributed by atoms with E-state index in [1.54, 1.807) is 17.4 Å². The molecule has 0 radical (unpaired) electrons. The molecule has 1 fully saturated rings. The molecule has 0 spiro atoms. The van der Waals surface area contributed by atoms with Crippen LogP contribution in [0.5, 0.6) is 0 Å². The summed E-state index contributed by atoms with van der Waals surface area (Å²) in [5.74, 6) is 1.01. The molecule has 0 unspecified atom stereocenters. The lowest BCUT2D eigenvalue weighted by Gasteiger charge is -2.20. The number of nitrogens with zero attached hydrogens (tertiary/aromatic N) is 3. The molecular formula is C20H22FN3OS. The van der Waals surface area contributed by atoms with Crippen molar-refractivity contribution < 1.29 is 8.81 Å². The van der Waals surface area contributed by atoms with Crippen LogP contribution in [0.1, 0.15) is 41.7 Å². The predicted octanol–water partition coefficient (Wildman–Crippen LogP) is 4.97. The molecule has 1 saturated carbocycles. The summed E-state index contributed by atoms with van der Waals surface area (Å²) in [5.41, 5.74) is 1.98. The molecular weight excluding hydrogens is 349 g/mol. The maximum absolute atomic E-state index is 14.0. The third-order valence-corrected chi connectivity index (χ3v) is 6.12. The maximum Gasteiger partial charge on any atom is 0.257 e. The van der Waals surface area contributed by atoms with Crippen molar-refractivity contribution in [3.63, 3.8) is 0 Å². The number of aromatic nitrogens is 2. The van der Waals surface area contributed by atoms with Crippen LogP contribution in [0.25, 0.3) is 10.8 Å². The van der Waals surface area contributed by atoms with Crippen molar-refractivity contribution in [3.8, 4) is 10.8 Å². The lowest BCUT2D eigenvalue weighted by Crippen LogP contribution is -2.25. The van der Waals surface area contributed by atoms with E-state index in [1.165, 1.54) is 16.5 Å². The molecule has 0 bridgehead atoms. The third-order valence-electron chi connectivity index (χ3n) is 4.75. The first kappa shape index (κ1) is 17.4. The Balaban J connectivity index is 1.50. The smallest absolute Gasteiger partial charge is 0.257 e. The number of hydrogen-bond donors (Lipinski definition) is 0. The van der Waals surface area contributed by atoms with Crippen LogP contribution < -0.4 is 0 Å². The molecule has 0 amide bonds. The van der Waals surface area contributed by atoms with Gasteiger partial charge in [-0.3, -0.25) is 4.90 Å². The number of thiophene rings is 1. The van der Waals surface area contributed by atoms with Crippen LogP contribution in [-0.4, -0.2) is 21.1 Å². The molecule has 0 aliphatic heterocycles. The van der Waals surface area contributed by atoms with E-state index in [4.69, 9.17) is 4.42 Å². The summed E-state index contributed by atoms with van der Waals surface area (Å²) in [5, 5.41) is 8.45. The van der Waals surface area contributed by atoms with Crippen molar-refractivity contribution in [1.82, 2.24) is 15.1 Å². The van der Waals surface area contributed by atoms with E-state index >= 15 is 0 Å². The fourth-order valence-corrected chi connectivity index (χ4v) is 4.20. The highest BCUT2D eigenvalue weighted by Crippen LogP contribution is 2.33. The van der Waals surface area contributed by atoms with Gasteiger partial charge >= 0.3 is 0 Å². The van der Waals surface area contributed by atoms with Gasteiger partial charge in [-0.05, 0) is 43.9 Å². The summed E-state index contributed by atoms with van der Waals surface area (Å²) in [6.45, 7) is 5.38. The number of benzene rings is 1. The minimum absolute atomic E-state index is 0.162. The number of rotatable bonds is 7. The van der Waals surface area contributed by atoms with Gasteiger partial charge in [0.1, 0.15) is 5.82 Å². The second-order valence-corrected chi connectivity index (χ2v) is 7.94. The molecule has 1 aliphatic carbocycles. The Morgan fingerprint density at radius 3 is 2.73 bits per heavy atom. The largest absolute Gasteiger partial charge is 0.419 e. The van der Waals surface area contributed by atoms with E-state index < -0.39 is 0 Å². The van der Waals surface area contributed by atoms with E-state index in [1.807, 2.05) is 12.1 Å². The summed E-state index contributed by atoms with van der Waals surface area (Å²) in [7, 11) is 0. The predicted molar refractivity (Wildman–Crippen MR) is 100 cm³/mol. The van der Waals surface area contributed by atoms with Gasteiger partial charge in [0.2, 0.25) is 5.89 Å². The van der Waals surface area contributed by atoms with Gasteiger partial charge in [0.25, 0.3) is 5.89 Å². The molecule has 136 valence electrons. The van der Waals surface area contributed by atoms with Gasteiger partial charge in [-0.2, -0.15) is 0 Å². The highest BCUT2D eigenvalue weighted by atomic mass is 32.1. The normalized spacial score (nSPS) is 14.3. The summed E-state index contributed by atoms with van der Waals surface area (Å²) in [6.07, 6.45) is 3.29. The first-order valence-corrected chi connectivity index (χ1v) is 9.85. The molecule has 0 N–H and O–H groups in total. The number of hydrogen-bond acceptors (Lipinski definition) is 5. The molecule has 4 nitrogen and oxygen atoms in total. The highest BCUT2D eigenvalue weighted by molar-refractivity contribution is 7.15. The van der Waals surface area contributed by atoms with E-state index in [9.17, 15) is 4.39 Å². The topological polar surface area (TPSA) is 42.2 Å². The van der Waals surface area contributed by atoms with Crippen LogP contribution in [0.2, 0.25) is 0 Å². The second kappa shape index (κ2) is 7.29. The zero-order valence-electron chi connectivity index (χ0n) is 15.0. The molecule has 1 aliphatic rings. The summed E-state index contributed by atoms with van der Waals surface area (Å²) >= 11 is 1.71. The van der Waals surface area contributed by atoms with Gasteiger partial charge in [-0.25, -0.2) is 4.39 Å². The van der Waals surface area contributed by atoms with Gasteiger partial charge in [-0.15, -0.1) is 21.5 Å². The molecule has 2 aromatic heterocycles. The zero-order valence-corrected chi connectivity index (χ0v) is 15.9. The maximum atomic E-state index is 14.0. The first-order valence-electron chi connectivity index (χ1n) is 9.03. The third kappa shape index (κ3) is 3.71. The van der Waals surface area contributed by atoms with Crippen LogP contribution >= 0.6 is 11.3 Å². The quantitative estimate of drug-likeness (QED) is 0.588. The molecule has 26 heavy (non-hydrogen) atoms. The molecule has 0 atom stereocenters. The second-order valence-electron chi connectivity index (χ2n) is 6.80. The van der Waals surface area contributed by atoms with Gasteiger partial charge < -0.3 is 4.42 Å². The van der Waals surface area contributed by atoms with Gasteiger partial charge in [-0.1, -0.05) is 25.1 Å². The average Bonchev–Trinajstić information content (AvgIpc) is 3.26. The Labute approximate surface area is 156 Å². The van der Waals surface area contributed by atoms with Crippen molar-refractivity contribution in [2.45, 2.75) is 52.2 Å². The molecule has 4 rings (SSSR count). The Bertz CT molecular complexity index is 900. The van der Waals surface area contributed by atoms with E-state index in [2.05, 4.69) is 35.0 Å². The Kier molecular flexibility index (Phi) is 4.87. The summed E-state index contributed by atoms with van der Waals surface area (Å²) in [4.78, 5) is 4.59. The van der Waals surface area contributed by atoms with Crippen LogP contribution in [0.15, 0.2) is 34.7 Å².